The van der Waals surface area contributed by atoms with E-state index < -0.39 is 11.7 Å². The molecule has 2 nitrogen and oxygen atoms in total. The highest BCUT2D eigenvalue weighted by Gasteiger charge is 2.30. The Labute approximate surface area is 116 Å². The number of anilines is 1. The first-order chi connectivity index (χ1) is 8.88. The van der Waals surface area contributed by atoms with Crippen LogP contribution in [0.3, 0.4) is 0 Å². The van der Waals surface area contributed by atoms with Gasteiger partial charge in [-0.3, -0.25) is 0 Å². The lowest BCUT2D eigenvalue weighted by molar-refractivity contribution is -0.137. The number of pyridine rings is 1. The molecule has 0 saturated carbocycles. The smallest absolute Gasteiger partial charge is 0.369 e. The monoisotopic (exact) mass is 294 g/mol. The number of nitrogens with one attached hydrogen (secondary N) is 1. The van der Waals surface area contributed by atoms with E-state index in [-0.39, 0.29) is 11.2 Å². The predicted octanol–water partition coefficient (Wildman–Crippen LogP) is 4.56. The Balaban J connectivity index is 2.63. The highest BCUT2D eigenvalue weighted by atomic mass is 35.5. The van der Waals surface area contributed by atoms with Gasteiger partial charge in [-0.2, -0.15) is 13.2 Å². The Morgan fingerprint density at radius 1 is 1.32 bits per heavy atom. The maximum Gasteiger partial charge on any atom is 0.416 e. The van der Waals surface area contributed by atoms with Gasteiger partial charge in [0.25, 0.3) is 0 Å². The predicted molar refractivity (Wildman–Crippen MR) is 71.4 cm³/mol. The number of rotatable bonds is 6. The third-order valence-electron chi connectivity index (χ3n) is 3.13. The molecule has 0 bridgehead atoms. The van der Waals surface area contributed by atoms with Gasteiger partial charge in [-0.15, -0.1) is 11.6 Å². The zero-order chi connectivity index (χ0) is 14.5. The van der Waals surface area contributed by atoms with Crippen molar-refractivity contribution in [2.45, 2.75) is 38.2 Å². The van der Waals surface area contributed by atoms with E-state index in [4.69, 9.17) is 11.6 Å². The van der Waals surface area contributed by atoms with Gasteiger partial charge in [-0.25, -0.2) is 4.98 Å². The second-order valence-corrected chi connectivity index (χ2v) is 4.96. The number of nitrogens with zero attached hydrogens (tertiary/aromatic N) is 1. The second kappa shape index (κ2) is 6.98. The minimum absolute atomic E-state index is 0.119. The fraction of sp³-hybridized carbons (Fsp3) is 0.615. The molecule has 0 radical (unpaired) electrons. The van der Waals surface area contributed by atoms with E-state index in [0.717, 1.165) is 31.2 Å². The van der Waals surface area contributed by atoms with Crippen molar-refractivity contribution in [2.24, 2.45) is 5.92 Å². The number of alkyl halides is 4. The number of hydrogen-bond acceptors (Lipinski definition) is 2. The van der Waals surface area contributed by atoms with Crippen LogP contribution in [0.1, 0.15) is 32.3 Å². The van der Waals surface area contributed by atoms with Gasteiger partial charge in [0.15, 0.2) is 0 Å². The van der Waals surface area contributed by atoms with Crippen molar-refractivity contribution in [2.75, 3.05) is 11.9 Å². The summed E-state index contributed by atoms with van der Waals surface area (Å²) in [6.07, 6.45) is -1.31. The normalized spacial score (nSPS) is 13.6. The Hall–Kier alpha value is -0.970. The topological polar surface area (TPSA) is 24.9 Å². The summed E-state index contributed by atoms with van der Waals surface area (Å²) in [6.45, 7) is 4.50. The van der Waals surface area contributed by atoms with Crippen LogP contribution in [0, 0.1) is 5.92 Å². The van der Waals surface area contributed by atoms with Gasteiger partial charge in [0.05, 0.1) is 10.9 Å². The molecule has 0 spiro atoms. The molecule has 0 aliphatic carbocycles. The Morgan fingerprint density at radius 3 is 2.47 bits per heavy atom. The quantitative estimate of drug-likeness (QED) is 0.778. The summed E-state index contributed by atoms with van der Waals surface area (Å²) in [7, 11) is 0. The Kier molecular flexibility index (Phi) is 5.91. The highest BCUT2D eigenvalue weighted by Crippen LogP contribution is 2.30. The van der Waals surface area contributed by atoms with Crippen molar-refractivity contribution in [3.63, 3.8) is 0 Å². The summed E-state index contributed by atoms with van der Waals surface area (Å²) < 4.78 is 37.6. The van der Waals surface area contributed by atoms with Crippen LogP contribution in [0.25, 0.3) is 0 Å². The van der Waals surface area contributed by atoms with Crippen LogP contribution in [0.2, 0.25) is 0 Å². The van der Waals surface area contributed by atoms with Crippen molar-refractivity contribution < 1.29 is 13.2 Å². The maximum atomic E-state index is 12.5. The van der Waals surface area contributed by atoms with Crippen LogP contribution in [-0.4, -0.2) is 16.9 Å². The average Bonchev–Trinajstić information content (AvgIpc) is 2.37. The molecule has 108 valence electrons. The second-order valence-electron chi connectivity index (χ2n) is 4.40. The fourth-order valence-electron chi connectivity index (χ4n) is 1.87. The first kappa shape index (κ1) is 16.1. The van der Waals surface area contributed by atoms with Crippen LogP contribution in [0.15, 0.2) is 18.3 Å². The molecule has 1 rings (SSSR count). The Bertz CT molecular complexity index is 392. The number of aromatic nitrogens is 1. The van der Waals surface area contributed by atoms with Gasteiger partial charge in [0.2, 0.25) is 0 Å². The standard InChI is InChI=1S/C13H18ClF3N2/c1-3-9(4-2)11(14)8-19-12-7-10(5-6-18-12)13(15,16)17/h5-7,9,11H,3-4,8H2,1-2H3,(H,18,19). The first-order valence-electron chi connectivity index (χ1n) is 6.29. The van der Waals surface area contributed by atoms with Gasteiger partial charge >= 0.3 is 6.18 Å². The van der Waals surface area contributed by atoms with E-state index in [0.29, 0.717) is 12.5 Å². The third kappa shape index (κ3) is 4.90. The SMILES string of the molecule is CCC(CC)C(Cl)CNc1cc(C(F)(F)F)ccn1. The van der Waals surface area contributed by atoms with Crippen LogP contribution in [0.4, 0.5) is 19.0 Å². The summed E-state index contributed by atoms with van der Waals surface area (Å²) >= 11 is 6.21. The largest absolute Gasteiger partial charge is 0.416 e. The molecule has 1 aromatic rings. The molecule has 1 heterocycles. The molecule has 0 aliphatic rings. The molecule has 0 aromatic carbocycles. The lowest BCUT2D eigenvalue weighted by Crippen LogP contribution is -2.23. The molecule has 19 heavy (non-hydrogen) atoms. The molecule has 6 heteroatoms. The van der Waals surface area contributed by atoms with Crippen molar-refractivity contribution in [1.29, 1.82) is 0 Å². The van der Waals surface area contributed by atoms with Gasteiger partial charge in [0.1, 0.15) is 5.82 Å². The molecule has 1 aromatic heterocycles. The lowest BCUT2D eigenvalue weighted by Gasteiger charge is -2.20. The molecular formula is C13H18ClF3N2. The maximum absolute atomic E-state index is 12.5. The molecule has 0 fully saturated rings. The summed E-state index contributed by atoms with van der Waals surface area (Å²) in [4.78, 5) is 3.87. The Morgan fingerprint density at radius 2 is 1.95 bits per heavy atom. The minimum Gasteiger partial charge on any atom is -0.369 e. The molecule has 0 saturated heterocycles. The van der Waals surface area contributed by atoms with Crippen LogP contribution >= 0.6 is 11.6 Å². The van der Waals surface area contributed by atoms with Gasteiger partial charge < -0.3 is 5.32 Å². The fourth-order valence-corrected chi connectivity index (χ4v) is 2.31. The first-order valence-corrected chi connectivity index (χ1v) is 6.73. The number of halogens is 4. The third-order valence-corrected chi connectivity index (χ3v) is 3.64. The summed E-state index contributed by atoms with van der Waals surface area (Å²) in [5.41, 5.74) is -0.710. The van der Waals surface area contributed by atoms with Crippen LogP contribution in [-0.2, 0) is 6.18 Å². The van der Waals surface area contributed by atoms with E-state index in [1.807, 2.05) is 13.8 Å². The molecule has 1 atom stereocenters. The lowest BCUT2D eigenvalue weighted by atomic mass is 9.99. The minimum atomic E-state index is -4.35. The van der Waals surface area contributed by atoms with Crippen molar-refractivity contribution in [1.82, 2.24) is 4.98 Å². The highest BCUT2D eigenvalue weighted by molar-refractivity contribution is 6.21. The molecule has 0 aliphatic heterocycles. The van der Waals surface area contributed by atoms with Crippen LogP contribution in [0.5, 0.6) is 0 Å². The summed E-state index contributed by atoms with van der Waals surface area (Å²) in [6, 6.07) is 1.95. The molecule has 1 N–H and O–H groups in total. The van der Waals surface area contributed by atoms with E-state index in [9.17, 15) is 13.2 Å². The van der Waals surface area contributed by atoms with Crippen molar-refractivity contribution >= 4 is 17.4 Å². The van der Waals surface area contributed by atoms with E-state index >= 15 is 0 Å². The van der Waals surface area contributed by atoms with Gasteiger partial charge in [-0.1, -0.05) is 26.7 Å². The molecule has 0 amide bonds. The van der Waals surface area contributed by atoms with Gasteiger partial charge in [0, 0.05) is 12.7 Å². The van der Waals surface area contributed by atoms with Gasteiger partial charge in [-0.05, 0) is 18.1 Å². The summed E-state index contributed by atoms with van der Waals surface area (Å²) in [5.74, 6) is 0.548. The van der Waals surface area contributed by atoms with E-state index in [2.05, 4.69) is 10.3 Å². The zero-order valence-corrected chi connectivity index (χ0v) is 11.7. The van der Waals surface area contributed by atoms with Crippen molar-refractivity contribution in [3.8, 4) is 0 Å². The van der Waals surface area contributed by atoms with Crippen LogP contribution < -0.4 is 5.32 Å². The summed E-state index contributed by atoms with van der Waals surface area (Å²) in [5, 5.41) is 2.74. The average molecular weight is 295 g/mol. The van der Waals surface area contributed by atoms with E-state index in [1.165, 1.54) is 0 Å². The van der Waals surface area contributed by atoms with Crippen molar-refractivity contribution in [3.05, 3.63) is 23.9 Å². The molecular weight excluding hydrogens is 277 g/mol. The number of hydrogen-bond donors (Lipinski definition) is 1. The molecule has 1 unspecified atom stereocenters. The zero-order valence-electron chi connectivity index (χ0n) is 11.0. The van der Waals surface area contributed by atoms with E-state index in [1.54, 1.807) is 0 Å².